The number of hydrogen-bond donors (Lipinski definition) is 0. The summed E-state index contributed by atoms with van der Waals surface area (Å²) in [7, 11) is 1.67. The Bertz CT molecular complexity index is 362. The average molecular weight is 237 g/mol. The summed E-state index contributed by atoms with van der Waals surface area (Å²) in [4.78, 5) is 4.55. The quantitative estimate of drug-likeness (QED) is 0.734. The minimum absolute atomic E-state index is 0.416. The van der Waals surface area contributed by atoms with Crippen LogP contribution in [0, 0.1) is 6.92 Å². The highest BCUT2D eigenvalue weighted by molar-refractivity contribution is 5.29. The maximum Gasteiger partial charge on any atom is 0.123 e. The normalized spacial score (nSPS) is 19.5. The summed E-state index contributed by atoms with van der Waals surface area (Å²) in [5, 5.41) is 0. The van der Waals surface area contributed by atoms with E-state index in [9.17, 15) is 0 Å². The lowest BCUT2D eigenvalue weighted by atomic mass is 10.0. The third-order valence-electron chi connectivity index (χ3n) is 2.85. The van der Waals surface area contributed by atoms with Gasteiger partial charge in [-0.3, -0.25) is 4.98 Å². The molecule has 0 spiro atoms. The lowest BCUT2D eigenvalue weighted by molar-refractivity contribution is 0.146. The van der Waals surface area contributed by atoms with Crippen molar-refractivity contribution in [3.63, 3.8) is 0 Å². The van der Waals surface area contributed by atoms with Crippen molar-refractivity contribution in [2.75, 3.05) is 33.5 Å². The largest absolute Gasteiger partial charge is 0.491 e. The van der Waals surface area contributed by atoms with E-state index in [1.54, 1.807) is 7.11 Å². The van der Waals surface area contributed by atoms with Gasteiger partial charge in [0.25, 0.3) is 0 Å². The molecule has 0 N–H and O–H groups in total. The number of aryl methyl sites for hydroxylation is 1. The van der Waals surface area contributed by atoms with Crippen LogP contribution in [0.15, 0.2) is 12.1 Å². The molecule has 1 atom stereocenters. The van der Waals surface area contributed by atoms with Crippen LogP contribution in [-0.2, 0) is 9.47 Å². The van der Waals surface area contributed by atoms with Gasteiger partial charge in [-0.2, -0.15) is 0 Å². The SMILES string of the molecule is COCCOc1cc(C)nc(C2CCOC2)c1. The first kappa shape index (κ1) is 12.3. The summed E-state index contributed by atoms with van der Waals surface area (Å²) in [6.45, 7) is 4.76. The second-order valence-electron chi connectivity index (χ2n) is 4.27. The predicted octanol–water partition coefficient (Wildman–Crippen LogP) is 1.92. The van der Waals surface area contributed by atoms with Crippen LogP contribution in [0.4, 0.5) is 0 Å². The molecule has 17 heavy (non-hydrogen) atoms. The van der Waals surface area contributed by atoms with E-state index >= 15 is 0 Å². The van der Waals surface area contributed by atoms with E-state index < -0.39 is 0 Å². The summed E-state index contributed by atoms with van der Waals surface area (Å²) in [5.74, 6) is 1.29. The molecule has 94 valence electrons. The van der Waals surface area contributed by atoms with E-state index in [0.717, 1.165) is 36.8 Å². The first-order chi connectivity index (χ1) is 8.29. The minimum Gasteiger partial charge on any atom is -0.491 e. The van der Waals surface area contributed by atoms with Gasteiger partial charge in [-0.1, -0.05) is 0 Å². The fourth-order valence-corrected chi connectivity index (χ4v) is 1.96. The van der Waals surface area contributed by atoms with Gasteiger partial charge < -0.3 is 14.2 Å². The van der Waals surface area contributed by atoms with Crippen molar-refractivity contribution < 1.29 is 14.2 Å². The Morgan fingerprint density at radius 2 is 2.29 bits per heavy atom. The second kappa shape index (κ2) is 5.98. The molecule has 0 amide bonds. The third-order valence-corrected chi connectivity index (χ3v) is 2.85. The zero-order valence-corrected chi connectivity index (χ0v) is 10.4. The topological polar surface area (TPSA) is 40.6 Å². The van der Waals surface area contributed by atoms with Gasteiger partial charge in [-0.25, -0.2) is 0 Å². The van der Waals surface area contributed by atoms with Crippen LogP contribution in [0.5, 0.6) is 5.75 Å². The van der Waals surface area contributed by atoms with Crippen LogP contribution in [-0.4, -0.2) is 38.5 Å². The minimum atomic E-state index is 0.416. The van der Waals surface area contributed by atoms with E-state index in [0.29, 0.717) is 19.1 Å². The molecule has 1 aromatic rings. The molecule has 1 saturated heterocycles. The summed E-state index contributed by atoms with van der Waals surface area (Å²) in [6.07, 6.45) is 1.05. The number of pyridine rings is 1. The van der Waals surface area contributed by atoms with Crippen molar-refractivity contribution in [3.8, 4) is 5.75 Å². The Morgan fingerprint density at radius 3 is 3.00 bits per heavy atom. The van der Waals surface area contributed by atoms with E-state index in [-0.39, 0.29) is 0 Å². The van der Waals surface area contributed by atoms with Crippen LogP contribution in [0.2, 0.25) is 0 Å². The van der Waals surface area contributed by atoms with Crippen molar-refractivity contribution in [2.45, 2.75) is 19.3 Å². The highest BCUT2D eigenvalue weighted by Gasteiger charge is 2.19. The zero-order chi connectivity index (χ0) is 12.1. The Kier molecular flexibility index (Phi) is 4.34. The highest BCUT2D eigenvalue weighted by atomic mass is 16.5. The fourth-order valence-electron chi connectivity index (χ4n) is 1.96. The van der Waals surface area contributed by atoms with Gasteiger partial charge in [0, 0.05) is 43.2 Å². The van der Waals surface area contributed by atoms with Crippen molar-refractivity contribution in [1.29, 1.82) is 0 Å². The average Bonchev–Trinajstić information content (AvgIpc) is 2.82. The molecule has 4 nitrogen and oxygen atoms in total. The molecule has 0 aliphatic carbocycles. The number of aromatic nitrogens is 1. The third kappa shape index (κ3) is 3.41. The Hall–Kier alpha value is -1.13. The van der Waals surface area contributed by atoms with Gasteiger partial charge in [0.05, 0.1) is 13.2 Å². The Labute approximate surface area is 102 Å². The molecule has 0 radical (unpaired) electrons. The van der Waals surface area contributed by atoms with Crippen LogP contribution in [0.3, 0.4) is 0 Å². The van der Waals surface area contributed by atoms with Crippen LogP contribution in [0.25, 0.3) is 0 Å². The zero-order valence-electron chi connectivity index (χ0n) is 10.4. The maximum atomic E-state index is 5.62. The molecule has 1 unspecified atom stereocenters. The van der Waals surface area contributed by atoms with E-state index in [4.69, 9.17) is 14.2 Å². The molecule has 2 rings (SSSR count). The van der Waals surface area contributed by atoms with Crippen LogP contribution in [0.1, 0.15) is 23.7 Å². The van der Waals surface area contributed by atoms with E-state index in [1.165, 1.54) is 0 Å². The summed E-state index contributed by atoms with van der Waals surface area (Å²) >= 11 is 0. The van der Waals surface area contributed by atoms with Crippen molar-refractivity contribution in [1.82, 2.24) is 4.98 Å². The highest BCUT2D eigenvalue weighted by Crippen LogP contribution is 2.26. The first-order valence-corrected chi connectivity index (χ1v) is 5.97. The van der Waals surface area contributed by atoms with Crippen LogP contribution < -0.4 is 4.74 Å². The Balaban J connectivity index is 2.05. The van der Waals surface area contributed by atoms with Gasteiger partial charge in [0.2, 0.25) is 0 Å². The maximum absolute atomic E-state index is 5.62. The number of nitrogens with zero attached hydrogens (tertiary/aromatic N) is 1. The van der Waals surface area contributed by atoms with Gasteiger partial charge in [0.1, 0.15) is 12.4 Å². The summed E-state index contributed by atoms with van der Waals surface area (Å²) in [6, 6.07) is 3.97. The predicted molar refractivity (Wildman–Crippen MR) is 64.5 cm³/mol. The van der Waals surface area contributed by atoms with Crippen LogP contribution >= 0.6 is 0 Å². The van der Waals surface area contributed by atoms with Crippen molar-refractivity contribution in [2.24, 2.45) is 0 Å². The number of methoxy groups -OCH3 is 1. The molecule has 1 aromatic heterocycles. The smallest absolute Gasteiger partial charge is 0.123 e. The lowest BCUT2D eigenvalue weighted by Crippen LogP contribution is -2.07. The molecular weight excluding hydrogens is 218 g/mol. The van der Waals surface area contributed by atoms with Gasteiger partial charge >= 0.3 is 0 Å². The molecular formula is C13H19NO3. The molecule has 1 aliphatic rings. The Morgan fingerprint density at radius 1 is 1.41 bits per heavy atom. The van der Waals surface area contributed by atoms with Gasteiger partial charge in [-0.05, 0) is 13.3 Å². The molecule has 0 aromatic carbocycles. The van der Waals surface area contributed by atoms with Gasteiger partial charge in [-0.15, -0.1) is 0 Å². The lowest BCUT2D eigenvalue weighted by Gasteiger charge is -2.11. The first-order valence-electron chi connectivity index (χ1n) is 5.97. The molecule has 0 saturated carbocycles. The van der Waals surface area contributed by atoms with Crippen molar-refractivity contribution in [3.05, 3.63) is 23.5 Å². The van der Waals surface area contributed by atoms with Gasteiger partial charge in [0.15, 0.2) is 0 Å². The van der Waals surface area contributed by atoms with E-state index in [1.807, 2.05) is 19.1 Å². The molecule has 4 heteroatoms. The summed E-state index contributed by atoms with van der Waals surface area (Å²) in [5.41, 5.74) is 2.07. The van der Waals surface area contributed by atoms with Crippen molar-refractivity contribution >= 4 is 0 Å². The molecule has 0 bridgehead atoms. The van der Waals surface area contributed by atoms with E-state index in [2.05, 4.69) is 4.98 Å². The molecule has 2 heterocycles. The summed E-state index contributed by atoms with van der Waals surface area (Å²) < 4.78 is 16.0. The molecule has 1 aliphatic heterocycles. The monoisotopic (exact) mass is 237 g/mol. The number of hydrogen-bond acceptors (Lipinski definition) is 4. The second-order valence-corrected chi connectivity index (χ2v) is 4.27. The number of ether oxygens (including phenoxy) is 3. The fraction of sp³-hybridized carbons (Fsp3) is 0.615. The standard InChI is InChI=1S/C13H19NO3/c1-10-7-12(17-6-5-15-2)8-13(14-10)11-3-4-16-9-11/h7-8,11H,3-6,9H2,1-2H3. The number of rotatable bonds is 5. The molecule has 1 fully saturated rings.